The van der Waals surface area contributed by atoms with E-state index in [0.29, 0.717) is 12.3 Å². The molecule has 0 aliphatic carbocycles. The molecule has 2 nitrogen and oxygen atoms in total. The second kappa shape index (κ2) is 6.46. The highest BCUT2D eigenvalue weighted by Crippen LogP contribution is 2.14. The van der Waals surface area contributed by atoms with Gasteiger partial charge in [-0.15, -0.1) is 0 Å². The van der Waals surface area contributed by atoms with E-state index in [1.54, 1.807) is 0 Å². The minimum absolute atomic E-state index is 0.201. The summed E-state index contributed by atoms with van der Waals surface area (Å²) in [6.45, 7) is 5.32. The summed E-state index contributed by atoms with van der Waals surface area (Å²) in [5, 5.41) is 8.77. The van der Waals surface area contributed by atoms with Crippen LogP contribution in [0.5, 0.6) is 5.75 Å². The van der Waals surface area contributed by atoms with Crippen molar-refractivity contribution >= 4 is 0 Å². The van der Waals surface area contributed by atoms with E-state index >= 15 is 0 Å². The summed E-state index contributed by atoms with van der Waals surface area (Å²) < 4.78 is 5.63. The first kappa shape index (κ1) is 12.1. The highest BCUT2D eigenvalue weighted by Gasteiger charge is 2.00. The van der Waals surface area contributed by atoms with Crippen molar-refractivity contribution in [3.8, 4) is 5.75 Å². The van der Waals surface area contributed by atoms with Gasteiger partial charge >= 0.3 is 0 Å². The van der Waals surface area contributed by atoms with Crippen LogP contribution in [0.15, 0.2) is 24.3 Å². The number of aliphatic hydroxyl groups is 1. The lowest BCUT2D eigenvalue weighted by Crippen LogP contribution is -2.07. The van der Waals surface area contributed by atoms with Crippen molar-refractivity contribution < 1.29 is 9.84 Å². The minimum atomic E-state index is 0.201. The fourth-order valence-corrected chi connectivity index (χ4v) is 1.24. The van der Waals surface area contributed by atoms with Gasteiger partial charge in [0.05, 0.1) is 6.61 Å². The van der Waals surface area contributed by atoms with Gasteiger partial charge in [-0.25, -0.2) is 0 Å². The van der Waals surface area contributed by atoms with Gasteiger partial charge < -0.3 is 9.84 Å². The molecule has 0 bridgehead atoms. The predicted octanol–water partition coefficient (Wildman–Crippen LogP) is 2.65. The number of benzene rings is 1. The molecule has 0 unspecified atom stereocenters. The van der Waals surface area contributed by atoms with Crippen molar-refractivity contribution in [1.29, 1.82) is 0 Å². The molecule has 0 aromatic heterocycles. The first-order chi connectivity index (χ1) is 7.26. The highest BCUT2D eigenvalue weighted by atomic mass is 16.5. The average molecular weight is 208 g/mol. The Labute approximate surface area is 91.9 Å². The molecule has 0 saturated heterocycles. The van der Waals surface area contributed by atoms with Crippen LogP contribution in [0.3, 0.4) is 0 Å². The van der Waals surface area contributed by atoms with E-state index in [0.717, 1.165) is 24.3 Å². The van der Waals surface area contributed by atoms with E-state index in [1.807, 2.05) is 24.3 Å². The van der Waals surface area contributed by atoms with Crippen LogP contribution in [0.2, 0.25) is 0 Å². The second-order valence-corrected chi connectivity index (χ2v) is 3.94. The summed E-state index contributed by atoms with van der Waals surface area (Å²) in [4.78, 5) is 0. The molecule has 0 aliphatic heterocycles. The lowest BCUT2D eigenvalue weighted by molar-refractivity contribution is 0.256. The Kier molecular flexibility index (Phi) is 5.19. The monoisotopic (exact) mass is 208 g/mol. The maximum absolute atomic E-state index is 8.77. The van der Waals surface area contributed by atoms with Gasteiger partial charge in [0.2, 0.25) is 0 Å². The largest absolute Gasteiger partial charge is 0.493 e. The molecule has 0 amide bonds. The van der Waals surface area contributed by atoms with E-state index in [1.165, 1.54) is 0 Å². The number of ether oxygens (including phenoxy) is 1. The van der Waals surface area contributed by atoms with Crippen LogP contribution in [-0.2, 0) is 6.42 Å². The van der Waals surface area contributed by atoms with E-state index < -0.39 is 0 Å². The SMILES string of the molecule is CC[C@H](C)COc1ccc(CCO)cc1. The maximum atomic E-state index is 8.77. The van der Waals surface area contributed by atoms with E-state index in [9.17, 15) is 0 Å². The number of hydrogen-bond donors (Lipinski definition) is 1. The Morgan fingerprint density at radius 2 is 1.93 bits per heavy atom. The van der Waals surface area contributed by atoms with Gasteiger partial charge in [-0.05, 0) is 30.0 Å². The molecular formula is C13H20O2. The van der Waals surface area contributed by atoms with Crippen LogP contribution in [0, 0.1) is 5.92 Å². The molecule has 1 aromatic carbocycles. The van der Waals surface area contributed by atoms with Crippen LogP contribution >= 0.6 is 0 Å². The van der Waals surface area contributed by atoms with Crippen LogP contribution in [0.25, 0.3) is 0 Å². The molecule has 1 N–H and O–H groups in total. The lowest BCUT2D eigenvalue weighted by Gasteiger charge is -2.11. The summed E-state index contributed by atoms with van der Waals surface area (Å²) in [6.07, 6.45) is 1.86. The Morgan fingerprint density at radius 1 is 1.27 bits per heavy atom. The van der Waals surface area contributed by atoms with Crippen molar-refractivity contribution in [1.82, 2.24) is 0 Å². The van der Waals surface area contributed by atoms with E-state index in [2.05, 4.69) is 13.8 Å². The zero-order valence-electron chi connectivity index (χ0n) is 9.57. The van der Waals surface area contributed by atoms with Gasteiger partial charge in [-0.3, -0.25) is 0 Å². The van der Waals surface area contributed by atoms with Gasteiger partial charge in [0.15, 0.2) is 0 Å². The summed E-state index contributed by atoms with van der Waals surface area (Å²) in [7, 11) is 0. The maximum Gasteiger partial charge on any atom is 0.119 e. The zero-order valence-corrected chi connectivity index (χ0v) is 9.57. The van der Waals surface area contributed by atoms with E-state index in [-0.39, 0.29) is 6.61 Å². The van der Waals surface area contributed by atoms with Crippen molar-refractivity contribution in [2.75, 3.05) is 13.2 Å². The third kappa shape index (κ3) is 4.34. The molecule has 15 heavy (non-hydrogen) atoms. The van der Waals surface area contributed by atoms with Crippen molar-refractivity contribution in [3.05, 3.63) is 29.8 Å². The molecule has 1 atom stereocenters. The zero-order chi connectivity index (χ0) is 11.1. The highest BCUT2D eigenvalue weighted by molar-refractivity contribution is 5.27. The Balaban J connectivity index is 2.42. The second-order valence-electron chi connectivity index (χ2n) is 3.94. The third-order valence-electron chi connectivity index (χ3n) is 2.56. The first-order valence-electron chi connectivity index (χ1n) is 5.58. The molecule has 0 fully saturated rings. The first-order valence-corrected chi connectivity index (χ1v) is 5.58. The van der Waals surface area contributed by atoms with Crippen LogP contribution < -0.4 is 4.74 Å². The normalized spacial score (nSPS) is 12.5. The smallest absolute Gasteiger partial charge is 0.119 e. The molecule has 0 spiro atoms. The molecule has 1 aromatic rings. The summed E-state index contributed by atoms with van der Waals surface area (Å²) in [5.74, 6) is 1.51. The molecule has 2 heteroatoms. The van der Waals surface area contributed by atoms with Gasteiger partial charge in [-0.2, -0.15) is 0 Å². The summed E-state index contributed by atoms with van der Waals surface area (Å²) in [6, 6.07) is 7.94. The van der Waals surface area contributed by atoms with Crippen molar-refractivity contribution in [3.63, 3.8) is 0 Å². The quantitative estimate of drug-likeness (QED) is 0.778. The molecule has 84 valence electrons. The van der Waals surface area contributed by atoms with E-state index in [4.69, 9.17) is 9.84 Å². The van der Waals surface area contributed by atoms with Crippen LogP contribution in [0.4, 0.5) is 0 Å². The fraction of sp³-hybridized carbons (Fsp3) is 0.538. The molecule has 0 aliphatic rings. The predicted molar refractivity (Wildman–Crippen MR) is 62.2 cm³/mol. The Morgan fingerprint density at radius 3 is 2.47 bits per heavy atom. The number of aliphatic hydroxyl groups excluding tert-OH is 1. The summed E-state index contributed by atoms with van der Waals surface area (Å²) >= 11 is 0. The molecule has 0 heterocycles. The van der Waals surface area contributed by atoms with Crippen molar-refractivity contribution in [2.45, 2.75) is 26.7 Å². The summed E-state index contributed by atoms with van der Waals surface area (Å²) in [5.41, 5.74) is 1.15. The topological polar surface area (TPSA) is 29.5 Å². The number of hydrogen-bond acceptors (Lipinski definition) is 2. The van der Waals surface area contributed by atoms with Crippen LogP contribution in [-0.4, -0.2) is 18.3 Å². The van der Waals surface area contributed by atoms with Gasteiger partial charge in [-0.1, -0.05) is 32.4 Å². The number of rotatable bonds is 6. The Bertz CT molecular complexity index is 266. The molecule has 0 radical (unpaired) electrons. The average Bonchev–Trinajstić information content (AvgIpc) is 2.28. The van der Waals surface area contributed by atoms with Gasteiger partial charge in [0, 0.05) is 6.61 Å². The molecular weight excluding hydrogens is 188 g/mol. The lowest BCUT2D eigenvalue weighted by atomic mass is 10.1. The van der Waals surface area contributed by atoms with Crippen LogP contribution in [0.1, 0.15) is 25.8 Å². The molecule has 0 saturated carbocycles. The fourth-order valence-electron chi connectivity index (χ4n) is 1.24. The van der Waals surface area contributed by atoms with Gasteiger partial charge in [0.25, 0.3) is 0 Å². The van der Waals surface area contributed by atoms with Gasteiger partial charge in [0.1, 0.15) is 5.75 Å². The standard InChI is InChI=1S/C13H20O2/c1-3-11(2)10-15-13-6-4-12(5-7-13)8-9-14/h4-7,11,14H,3,8-10H2,1-2H3/t11-/m0/s1. The van der Waals surface area contributed by atoms with Crippen molar-refractivity contribution in [2.24, 2.45) is 5.92 Å². The minimum Gasteiger partial charge on any atom is -0.493 e. The molecule has 1 rings (SSSR count). The Hall–Kier alpha value is -1.02. The third-order valence-corrected chi connectivity index (χ3v) is 2.56.